The van der Waals surface area contributed by atoms with Crippen LogP contribution in [0.4, 0.5) is 5.00 Å². The predicted molar refractivity (Wildman–Crippen MR) is 111 cm³/mol. The van der Waals surface area contributed by atoms with Gasteiger partial charge in [-0.15, -0.1) is 22.7 Å². The Kier molecular flexibility index (Phi) is 5.34. The standard InChI is InChI=1S/C20H25N3O2S2/c1-13-5-6-14-16(12-13)27-19(21-18(24)15-4-3-11-26-15)17(14)20(25)23-9-7-22(2)8-10-23/h3-4,11,13H,5-10,12H2,1-2H3,(H,21,24). The van der Waals surface area contributed by atoms with Crippen molar-refractivity contribution in [2.24, 2.45) is 5.92 Å². The number of fused-ring (bicyclic) bond motifs is 1. The Bertz CT molecular complexity index is 836. The van der Waals surface area contributed by atoms with Crippen molar-refractivity contribution >= 4 is 39.5 Å². The first kappa shape index (κ1) is 18.7. The SMILES string of the molecule is CC1CCc2c(sc(NC(=O)c3cccs3)c2C(=O)N2CCN(C)CC2)C1. The van der Waals surface area contributed by atoms with Crippen LogP contribution in [0.15, 0.2) is 17.5 Å². The highest BCUT2D eigenvalue weighted by molar-refractivity contribution is 7.17. The average molecular weight is 404 g/mol. The molecule has 4 rings (SSSR count). The molecule has 0 spiro atoms. The summed E-state index contributed by atoms with van der Waals surface area (Å²) in [4.78, 5) is 32.1. The number of amides is 2. The molecule has 1 aliphatic carbocycles. The van der Waals surface area contributed by atoms with E-state index in [9.17, 15) is 9.59 Å². The molecule has 1 saturated heterocycles. The summed E-state index contributed by atoms with van der Waals surface area (Å²) < 4.78 is 0. The van der Waals surface area contributed by atoms with Gasteiger partial charge in [-0.1, -0.05) is 13.0 Å². The summed E-state index contributed by atoms with van der Waals surface area (Å²) >= 11 is 3.02. The molecule has 1 fully saturated rings. The number of carbonyl (C=O) groups excluding carboxylic acids is 2. The minimum atomic E-state index is -0.121. The van der Waals surface area contributed by atoms with E-state index in [-0.39, 0.29) is 11.8 Å². The van der Waals surface area contributed by atoms with Crippen LogP contribution in [0.3, 0.4) is 0 Å². The summed E-state index contributed by atoms with van der Waals surface area (Å²) in [5.41, 5.74) is 1.92. The van der Waals surface area contributed by atoms with Gasteiger partial charge in [0, 0.05) is 31.1 Å². The summed E-state index contributed by atoms with van der Waals surface area (Å²) in [5, 5.41) is 5.67. The van der Waals surface area contributed by atoms with Crippen molar-refractivity contribution in [3.8, 4) is 0 Å². The second kappa shape index (κ2) is 7.73. The van der Waals surface area contributed by atoms with Gasteiger partial charge in [0.15, 0.2) is 0 Å². The number of nitrogens with zero attached hydrogens (tertiary/aromatic N) is 2. The molecule has 7 heteroatoms. The second-order valence-corrected chi connectivity index (χ2v) is 9.64. The molecule has 1 atom stereocenters. The lowest BCUT2D eigenvalue weighted by Crippen LogP contribution is -2.47. The van der Waals surface area contributed by atoms with E-state index in [1.807, 2.05) is 22.4 Å². The topological polar surface area (TPSA) is 52.7 Å². The molecule has 0 aromatic carbocycles. The van der Waals surface area contributed by atoms with Crippen molar-refractivity contribution in [2.45, 2.75) is 26.2 Å². The van der Waals surface area contributed by atoms with Gasteiger partial charge >= 0.3 is 0 Å². The van der Waals surface area contributed by atoms with E-state index in [4.69, 9.17) is 0 Å². The van der Waals surface area contributed by atoms with E-state index < -0.39 is 0 Å². The molecule has 1 N–H and O–H groups in total. The van der Waals surface area contributed by atoms with Crippen molar-refractivity contribution in [1.82, 2.24) is 9.80 Å². The molecule has 144 valence electrons. The third-order valence-electron chi connectivity index (χ3n) is 5.49. The molecular weight excluding hydrogens is 378 g/mol. The lowest BCUT2D eigenvalue weighted by molar-refractivity contribution is 0.0664. The van der Waals surface area contributed by atoms with Gasteiger partial charge < -0.3 is 15.1 Å². The quantitative estimate of drug-likeness (QED) is 0.852. The van der Waals surface area contributed by atoms with Crippen LogP contribution in [-0.2, 0) is 12.8 Å². The fraction of sp³-hybridized carbons (Fsp3) is 0.500. The van der Waals surface area contributed by atoms with Gasteiger partial charge in [-0.3, -0.25) is 9.59 Å². The molecule has 0 radical (unpaired) electrons. The van der Waals surface area contributed by atoms with Gasteiger partial charge in [0.25, 0.3) is 11.8 Å². The van der Waals surface area contributed by atoms with Crippen molar-refractivity contribution < 1.29 is 9.59 Å². The Morgan fingerprint density at radius 1 is 1.22 bits per heavy atom. The molecule has 0 saturated carbocycles. The summed E-state index contributed by atoms with van der Waals surface area (Å²) in [6, 6.07) is 3.69. The molecule has 2 aromatic heterocycles. The highest BCUT2D eigenvalue weighted by atomic mass is 32.1. The Labute approximate surface area is 168 Å². The molecule has 27 heavy (non-hydrogen) atoms. The molecule has 0 bridgehead atoms. The molecule has 1 unspecified atom stereocenters. The normalized spacial score (nSPS) is 20.4. The first-order valence-corrected chi connectivity index (χ1v) is 11.2. The van der Waals surface area contributed by atoms with Crippen LogP contribution in [0.1, 0.15) is 43.8 Å². The number of piperazine rings is 1. The van der Waals surface area contributed by atoms with Crippen LogP contribution >= 0.6 is 22.7 Å². The Morgan fingerprint density at radius 3 is 2.70 bits per heavy atom. The number of nitrogens with one attached hydrogen (secondary N) is 1. The number of rotatable bonds is 3. The van der Waals surface area contributed by atoms with E-state index in [2.05, 4.69) is 24.2 Å². The number of hydrogen-bond donors (Lipinski definition) is 1. The number of likely N-dealkylation sites (N-methyl/N-ethyl adjacent to an activating group) is 1. The summed E-state index contributed by atoms with van der Waals surface area (Å²) in [6.45, 7) is 5.54. The van der Waals surface area contributed by atoms with Crippen molar-refractivity contribution in [3.63, 3.8) is 0 Å². The summed E-state index contributed by atoms with van der Waals surface area (Å²) in [6.07, 6.45) is 3.03. The zero-order chi connectivity index (χ0) is 19.0. The fourth-order valence-corrected chi connectivity index (χ4v) is 5.82. The second-order valence-electron chi connectivity index (χ2n) is 7.58. The fourth-order valence-electron chi connectivity index (χ4n) is 3.81. The van der Waals surface area contributed by atoms with Gasteiger partial charge in [-0.25, -0.2) is 0 Å². The third-order valence-corrected chi connectivity index (χ3v) is 7.53. The van der Waals surface area contributed by atoms with Gasteiger partial charge in [0.2, 0.25) is 0 Å². The first-order valence-electron chi connectivity index (χ1n) is 9.50. The van der Waals surface area contributed by atoms with Crippen LogP contribution in [0.25, 0.3) is 0 Å². The largest absolute Gasteiger partial charge is 0.336 e. The van der Waals surface area contributed by atoms with Gasteiger partial charge in [0.1, 0.15) is 5.00 Å². The number of carbonyl (C=O) groups is 2. The molecule has 5 nitrogen and oxygen atoms in total. The van der Waals surface area contributed by atoms with E-state index in [1.54, 1.807) is 11.3 Å². The smallest absolute Gasteiger partial charge is 0.266 e. The number of hydrogen-bond acceptors (Lipinski definition) is 5. The lowest BCUT2D eigenvalue weighted by Gasteiger charge is -2.33. The van der Waals surface area contributed by atoms with E-state index in [0.717, 1.165) is 56.0 Å². The molecular formula is C20H25N3O2S2. The highest BCUT2D eigenvalue weighted by Gasteiger charge is 2.31. The maximum Gasteiger partial charge on any atom is 0.266 e. The van der Waals surface area contributed by atoms with Crippen LogP contribution in [0.2, 0.25) is 0 Å². The summed E-state index contributed by atoms with van der Waals surface area (Å²) in [5.74, 6) is 0.587. The molecule has 1 aliphatic heterocycles. The minimum Gasteiger partial charge on any atom is -0.336 e. The van der Waals surface area contributed by atoms with E-state index >= 15 is 0 Å². The Balaban J connectivity index is 1.65. The van der Waals surface area contributed by atoms with Crippen LogP contribution in [-0.4, -0.2) is 54.8 Å². The van der Waals surface area contributed by atoms with Crippen LogP contribution in [0, 0.1) is 5.92 Å². The van der Waals surface area contributed by atoms with Crippen molar-refractivity contribution in [3.05, 3.63) is 38.4 Å². The molecule has 3 heterocycles. The maximum atomic E-state index is 13.4. The molecule has 2 aliphatic rings. The van der Waals surface area contributed by atoms with Gasteiger partial charge in [0.05, 0.1) is 10.4 Å². The predicted octanol–water partition coefficient (Wildman–Crippen LogP) is 3.57. The highest BCUT2D eigenvalue weighted by Crippen LogP contribution is 2.40. The minimum absolute atomic E-state index is 0.0802. The zero-order valence-corrected chi connectivity index (χ0v) is 17.4. The number of anilines is 1. The van der Waals surface area contributed by atoms with E-state index in [1.165, 1.54) is 21.8 Å². The zero-order valence-electron chi connectivity index (χ0n) is 15.8. The van der Waals surface area contributed by atoms with Gasteiger partial charge in [-0.05, 0) is 49.2 Å². The van der Waals surface area contributed by atoms with Crippen molar-refractivity contribution in [1.29, 1.82) is 0 Å². The monoisotopic (exact) mass is 403 g/mol. The van der Waals surface area contributed by atoms with E-state index in [0.29, 0.717) is 10.8 Å². The average Bonchev–Trinajstić information content (AvgIpc) is 3.29. The molecule has 2 amide bonds. The lowest BCUT2D eigenvalue weighted by atomic mass is 9.88. The maximum absolute atomic E-state index is 13.4. The van der Waals surface area contributed by atoms with Gasteiger partial charge in [-0.2, -0.15) is 0 Å². The van der Waals surface area contributed by atoms with Crippen LogP contribution < -0.4 is 5.32 Å². The third kappa shape index (κ3) is 3.81. The molecule has 2 aromatic rings. The Morgan fingerprint density at radius 2 is 2.00 bits per heavy atom. The Hall–Kier alpha value is -1.70. The number of thiophene rings is 2. The van der Waals surface area contributed by atoms with Crippen molar-refractivity contribution in [2.75, 3.05) is 38.5 Å². The van der Waals surface area contributed by atoms with Crippen LogP contribution in [0.5, 0.6) is 0 Å². The first-order chi connectivity index (χ1) is 13.0. The summed E-state index contributed by atoms with van der Waals surface area (Å²) in [7, 11) is 2.09.